The first-order valence-corrected chi connectivity index (χ1v) is 6.99. The van der Waals surface area contributed by atoms with Gasteiger partial charge in [0.05, 0.1) is 10.7 Å². The van der Waals surface area contributed by atoms with E-state index in [9.17, 15) is 0 Å². The molecule has 0 radical (unpaired) electrons. The third-order valence-electron chi connectivity index (χ3n) is 2.47. The summed E-state index contributed by atoms with van der Waals surface area (Å²) in [4.78, 5) is 8.62. The van der Waals surface area contributed by atoms with Crippen molar-refractivity contribution >= 4 is 44.9 Å². The highest BCUT2D eigenvalue weighted by Crippen LogP contribution is 2.28. The highest BCUT2D eigenvalue weighted by atomic mass is 79.9. The zero-order valence-corrected chi connectivity index (χ0v) is 13.0. The molecule has 1 heterocycles. The number of hydrogen-bond acceptors (Lipinski definition) is 4. The molecule has 2 rings (SSSR count). The second-order valence-corrected chi connectivity index (χ2v) is 5.76. The predicted octanol–water partition coefficient (Wildman–Crippen LogP) is 4.34. The molecule has 100 valence electrons. The molecule has 0 saturated heterocycles. The van der Waals surface area contributed by atoms with Gasteiger partial charge in [0.15, 0.2) is 0 Å². The smallest absolute Gasteiger partial charge is 0.136 e. The third-order valence-corrected chi connectivity index (χ3v) is 3.29. The summed E-state index contributed by atoms with van der Waals surface area (Å²) in [6.07, 6.45) is 0. The first-order valence-electron chi connectivity index (χ1n) is 5.82. The van der Waals surface area contributed by atoms with Crippen molar-refractivity contribution in [3.05, 3.63) is 39.6 Å². The van der Waals surface area contributed by atoms with Crippen molar-refractivity contribution in [2.75, 3.05) is 11.1 Å². The van der Waals surface area contributed by atoms with E-state index in [0.717, 1.165) is 10.2 Å². The highest BCUT2D eigenvalue weighted by molar-refractivity contribution is 9.10. The van der Waals surface area contributed by atoms with E-state index in [2.05, 4.69) is 31.2 Å². The minimum Gasteiger partial charge on any atom is -0.384 e. The van der Waals surface area contributed by atoms with E-state index in [1.807, 2.05) is 32.0 Å². The molecule has 0 unspecified atom stereocenters. The Morgan fingerprint density at radius 3 is 2.68 bits per heavy atom. The van der Waals surface area contributed by atoms with Gasteiger partial charge in [0, 0.05) is 16.5 Å². The Morgan fingerprint density at radius 2 is 2.00 bits per heavy atom. The van der Waals surface area contributed by atoms with Crippen LogP contribution >= 0.6 is 27.5 Å². The second kappa shape index (κ2) is 5.75. The Hall–Kier alpha value is -1.33. The molecule has 2 aromatic rings. The van der Waals surface area contributed by atoms with E-state index >= 15 is 0 Å². The summed E-state index contributed by atoms with van der Waals surface area (Å²) in [5.74, 6) is 1.99. The molecule has 0 fully saturated rings. The van der Waals surface area contributed by atoms with E-state index < -0.39 is 0 Å². The average molecular weight is 342 g/mol. The van der Waals surface area contributed by atoms with Gasteiger partial charge in [-0.15, -0.1) is 0 Å². The first-order chi connectivity index (χ1) is 8.95. The number of nitrogens with two attached hydrogens (primary N) is 1. The molecule has 0 aliphatic heterocycles. The van der Waals surface area contributed by atoms with Gasteiger partial charge in [-0.2, -0.15) is 0 Å². The van der Waals surface area contributed by atoms with Crippen LogP contribution in [0.2, 0.25) is 5.02 Å². The van der Waals surface area contributed by atoms with Crippen molar-refractivity contribution in [2.45, 2.75) is 19.8 Å². The van der Waals surface area contributed by atoms with E-state index in [0.29, 0.717) is 22.5 Å². The number of hydrogen-bond donors (Lipinski definition) is 2. The molecule has 1 aromatic heterocycles. The SMILES string of the molecule is CC(C)c1nc(N)cc(Nc2cc(Br)ccc2Cl)n1. The van der Waals surface area contributed by atoms with Crippen molar-refractivity contribution in [2.24, 2.45) is 0 Å². The zero-order valence-electron chi connectivity index (χ0n) is 10.6. The van der Waals surface area contributed by atoms with Gasteiger partial charge >= 0.3 is 0 Å². The van der Waals surface area contributed by atoms with E-state index in [-0.39, 0.29) is 5.92 Å². The lowest BCUT2D eigenvalue weighted by Crippen LogP contribution is -2.05. The summed E-state index contributed by atoms with van der Waals surface area (Å²) in [7, 11) is 0. The molecule has 3 N–H and O–H groups in total. The number of rotatable bonds is 3. The number of anilines is 3. The van der Waals surface area contributed by atoms with E-state index in [4.69, 9.17) is 17.3 Å². The predicted molar refractivity (Wildman–Crippen MR) is 83.0 cm³/mol. The largest absolute Gasteiger partial charge is 0.384 e. The Kier molecular flexibility index (Phi) is 4.27. The van der Waals surface area contributed by atoms with Gasteiger partial charge in [0.25, 0.3) is 0 Å². The molecule has 0 amide bonds. The minimum absolute atomic E-state index is 0.210. The van der Waals surface area contributed by atoms with Gasteiger partial charge in [-0.25, -0.2) is 9.97 Å². The maximum absolute atomic E-state index is 6.13. The number of benzene rings is 1. The average Bonchev–Trinajstić information content (AvgIpc) is 2.33. The van der Waals surface area contributed by atoms with Crippen molar-refractivity contribution < 1.29 is 0 Å². The molecule has 0 atom stereocenters. The van der Waals surface area contributed by atoms with Gasteiger partial charge < -0.3 is 11.1 Å². The highest BCUT2D eigenvalue weighted by Gasteiger charge is 2.08. The number of nitrogens with one attached hydrogen (secondary N) is 1. The van der Waals surface area contributed by atoms with Crippen LogP contribution in [0.25, 0.3) is 0 Å². The molecule has 0 aliphatic carbocycles. The van der Waals surface area contributed by atoms with Gasteiger partial charge in [-0.05, 0) is 18.2 Å². The molecule has 4 nitrogen and oxygen atoms in total. The van der Waals surface area contributed by atoms with Gasteiger partial charge in [-0.3, -0.25) is 0 Å². The van der Waals surface area contributed by atoms with Crippen LogP contribution in [0, 0.1) is 0 Å². The molecule has 0 aliphatic rings. The van der Waals surface area contributed by atoms with Crippen LogP contribution in [-0.4, -0.2) is 9.97 Å². The summed E-state index contributed by atoms with van der Waals surface area (Å²) in [5.41, 5.74) is 6.55. The van der Waals surface area contributed by atoms with Crippen LogP contribution in [-0.2, 0) is 0 Å². The topological polar surface area (TPSA) is 63.8 Å². The Labute approximate surface area is 125 Å². The summed E-state index contributed by atoms with van der Waals surface area (Å²) in [6.45, 7) is 4.04. The van der Waals surface area contributed by atoms with Crippen molar-refractivity contribution in [3.8, 4) is 0 Å². The summed E-state index contributed by atoms with van der Waals surface area (Å²) >= 11 is 9.54. The van der Waals surface area contributed by atoms with Crippen LogP contribution in [0.15, 0.2) is 28.7 Å². The fourth-order valence-electron chi connectivity index (χ4n) is 1.54. The molecular weight excluding hydrogens is 328 g/mol. The summed E-state index contributed by atoms with van der Waals surface area (Å²) in [6, 6.07) is 7.25. The lowest BCUT2D eigenvalue weighted by Gasteiger charge is -2.11. The molecule has 19 heavy (non-hydrogen) atoms. The molecular formula is C13H14BrClN4. The van der Waals surface area contributed by atoms with Crippen molar-refractivity contribution in [3.63, 3.8) is 0 Å². The maximum atomic E-state index is 6.13. The van der Waals surface area contributed by atoms with Crippen molar-refractivity contribution in [1.29, 1.82) is 0 Å². The summed E-state index contributed by atoms with van der Waals surface area (Å²) < 4.78 is 0.936. The fraction of sp³-hybridized carbons (Fsp3) is 0.231. The zero-order chi connectivity index (χ0) is 14.0. The quantitative estimate of drug-likeness (QED) is 0.871. The minimum atomic E-state index is 0.210. The molecule has 0 bridgehead atoms. The van der Waals surface area contributed by atoms with Crippen molar-refractivity contribution in [1.82, 2.24) is 9.97 Å². The standard InChI is InChI=1S/C13H14BrClN4/c1-7(2)13-18-11(16)6-12(19-13)17-10-5-8(14)3-4-9(10)15/h3-7H,1-2H3,(H3,16,17,18,19). The lowest BCUT2D eigenvalue weighted by atomic mass is 10.2. The molecule has 0 spiro atoms. The monoisotopic (exact) mass is 340 g/mol. The van der Waals surface area contributed by atoms with E-state index in [1.165, 1.54) is 0 Å². The van der Waals surface area contributed by atoms with Crippen LogP contribution in [0.4, 0.5) is 17.3 Å². The van der Waals surface area contributed by atoms with Crippen LogP contribution < -0.4 is 11.1 Å². The number of nitrogen functional groups attached to an aromatic ring is 1. The van der Waals surface area contributed by atoms with Crippen LogP contribution in [0.1, 0.15) is 25.6 Å². The molecule has 0 saturated carbocycles. The summed E-state index contributed by atoms with van der Waals surface area (Å²) in [5, 5.41) is 3.77. The molecule has 1 aromatic carbocycles. The normalized spacial score (nSPS) is 10.8. The number of aromatic nitrogens is 2. The Morgan fingerprint density at radius 1 is 1.26 bits per heavy atom. The van der Waals surface area contributed by atoms with Gasteiger partial charge in [-0.1, -0.05) is 41.4 Å². The van der Waals surface area contributed by atoms with E-state index in [1.54, 1.807) is 6.07 Å². The number of halogens is 2. The van der Waals surface area contributed by atoms with Crippen LogP contribution in [0.5, 0.6) is 0 Å². The van der Waals surface area contributed by atoms with Gasteiger partial charge in [0.1, 0.15) is 17.5 Å². The maximum Gasteiger partial charge on any atom is 0.136 e. The Balaban J connectivity index is 2.35. The molecule has 6 heteroatoms. The third kappa shape index (κ3) is 3.58. The van der Waals surface area contributed by atoms with Crippen LogP contribution in [0.3, 0.4) is 0 Å². The number of nitrogens with zero attached hydrogens (tertiary/aromatic N) is 2. The first kappa shape index (κ1) is 14.1. The lowest BCUT2D eigenvalue weighted by molar-refractivity contribution is 0.779. The Bertz CT molecular complexity index is 601. The van der Waals surface area contributed by atoms with Gasteiger partial charge in [0.2, 0.25) is 0 Å². The second-order valence-electron chi connectivity index (χ2n) is 4.44. The fourth-order valence-corrected chi connectivity index (χ4v) is 2.06.